The lowest BCUT2D eigenvalue weighted by atomic mass is 9.97. The molecule has 0 unspecified atom stereocenters. The maximum atomic E-state index is 14.1. The first-order chi connectivity index (χ1) is 32.4. The number of para-hydroxylation sites is 1. The molecule has 1 aliphatic rings. The lowest BCUT2D eigenvalue weighted by Crippen LogP contribution is -2.59. The minimum absolute atomic E-state index is 0.0180. The lowest BCUT2D eigenvalue weighted by molar-refractivity contribution is -0.148. The van der Waals surface area contributed by atoms with Gasteiger partial charge in [0.1, 0.15) is 41.7 Å². The van der Waals surface area contributed by atoms with Crippen molar-refractivity contribution >= 4 is 63.3 Å². The van der Waals surface area contributed by atoms with Crippen LogP contribution in [0.1, 0.15) is 92.4 Å². The zero-order valence-corrected chi connectivity index (χ0v) is 40.7. The number of nitrogens with one attached hydrogen (secondary N) is 5. The SMILES string of the molecule is CC(C)C[C@H](NC(=O)[C@H](C)NC(=O)[C@H](CC(=O)O)NC(=O)[C@H](CC(N)=O)NC(=O)CCCNS(=O)(=O)c1ccc(Oc2ccccc2)cc1)C(=O)N(C)[C@@H](CC(C)C)C(=O)N1CCC[C@H]1CC(N)=O. The van der Waals surface area contributed by atoms with E-state index in [1.54, 1.807) is 29.2 Å². The van der Waals surface area contributed by atoms with Gasteiger partial charge in [0, 0.05) is 39.0 Å². The van der Waals surface area contributed by atoms with Crippen LogP contribution in [0, 0.1) is 11.8 Å². The fourth-order valence-electron chi connectivity index (χ4n) is 7.58. The molecule has 23 heteroatoms. The predicted molar refractivity (Wildman–Crippen MR) is 251 cm³/mol. The van der Waals surface area contributed by atoms with Crippen LogP contribution in [0.3, 0.4) is 0 Å². The van der Waals surface area contributed by atoms with Gasteiger partial charge in [-0.2, -0.15) is 0 Å². The molecule has 1 saturated heterocycles. The smallest absolute Gasteiger partial charge is 0.305 e. The zero-order valence-electron chi connectivity index (χ0n) is 39.9. The molecular weight excluding hydrogens is 919 g/mol. The third-order valence-corrected chi connectivity index (χ3v) is 12.5. The normalized spacial score (nSPS) is 15.8. The maximum Gasteiger partial charge on any atom is 0.305 e. The van der Waals surface area contributed by atoms with E-state index < -0.39 is 106 Å². The summed E-state index contributed by atoms with van der Waals surface area (Å²) in [7, 11) is -2.54. The Morgan fingerprint density at radius 2 is 1.33 bits per heavy atom. The summed E-state index contributed by atoms with van der Waals surface area (Å²) in [6.45, 7) is 8.86. The second-order valence-corrected chi connectivity index (χ2v) is 19.6. The van der Waals surface area contributed by atoms with E-state index >= 15 is 0 Å². The number of ether oxygens (including phenoxy) is 1. The highest BCUT2D eigenvalue weighted by molar-refractivity contribution is 7.89. The van der Waals surface area contributed by atoms with Crippen molar-refractivity contribution in [2.75, 3.05) is 20.1 Å². The van der Waals surface area contributed by atoms with Gasteiger partial charge in [0.2, 0.25) is 57.3 Å². The van der Waals surface area contributed by atoms with Gasteiger partial charge in [-0.25, -0.2) is 13.1 Å². The fraction of sp³-hybridized carbons (Fsp3) is 0.543. The number of carbonyl (C=O) groups excluding carboxylic acids is 8. The lowest BCUT2D eigenvalue weighted by Gasteiger charge is -2.36. The van der Waals surface area contributed by atoms with Crippen LogP contribution in [0.25, 0.3) is 0 Å². The average molecular weight is 986 g/mol. The highest BCUT2D eigenvalue weighted by Crippen LogP contribution is 2.25. The summed E-state index contributed by atoms with van der Waals surface area (Å²) in [5, 5.41) is 19.1. The van der Waals surface area contributed by atoms with Crippen molar-refractivity contribution in [1.29, 1.82) is 0 Å². The van der Waals surface area contributed by atoms with Gasteiger partial charge < -0.3 is 52.4 Å². The number of likely N-dealkylation sites (tertiary alicyclic amines) is 1. The van der Waals surface area contributed by atoms with E-state index in [0.29, 0.717) is 30.9 Å². The number of nitrogens with zero attached hydrogens (tertiary/aromatic N) is 2. The van der Waals surface area contributed by atoms with Crippen LogP contribution in [0.15, 0.2) is 59.5 Å². The van der Waals surface area contributed by atoms with Crippen molar-refractivity contribution < 1.29 is 61.4 Å². The predicted octanol–water partition coefficient (Wildman–Crippen LogP) is 0.632. The number of carboxylic acids is 1. The van der Waals surface area contributed by atoms with Crippen LogP contribution in [-0.4, -0.2) is 133 Å². The summed E-state index contributed by atoms with van der Waals surface area (Å²) in [5.41, 5.74) is 10.8. The van der Waals surface area contributed by atoms with Crippen LogP contribution in [0.2, 0.25) is 0 Å². The molecule has 2 aromatic carbocycles. The molecule has 0 saturated carbocycles. The molecule has 380 valence electrons. The first kappa shape index (κ1) is 56.7. The number of aliphatic carboxylic acids is 1. The summed E-state index contributed by atoms with van der Waals surface area (Å²) in [6, 6.07) is 7.07. The summed E-state index contributed by atoms with van der Waals surface area (Å²) < 4.78 is 33.8. The highest BCUT2D eigenvalue weighted by Gasteiger charge is 2.39. The van der Waals surface area contributed by atoms with Gasteiger partial charge in [-0.3, -0.25) is 43.2 Å². The number of carbonyl (C=O) groups is 9. The standard InChI is InChI=1S/C46H67N9O13S/c1-27(2)22-36(45(64)54(6)37(23-28(3)4)46(65)55-21-11-12-30(55)24-38(47)56)53-42(61)29(5)50-43(62)35(26-41(59)60)52-44(63)34(25-39(48)57)51-40(58)15-10-20-49-69(66,67)33-18-16-32(17-19-33)68-31-13-8-7-9-14-31/h7-9,13-14,16-19,27-30,34-37,49H,10-12,15,20-26H2,1-6H3,(H2,47,56)(H2,48,57)(H,50,62)(H,51,58)(H,52,63)(H,53,61)(H,59,60)/t29-,30-,34-,35-,36-,37-/m0/s1. The molecule has 10 N–H and O–H groups in total. The second-order valence-electron chi connectivity index (χ2n) is 17.9. The fourth-order valence-corrected chi connectivity index (χ4v) is 8.66. The average Bonchev–Trinajstić information content (AvgIpc) is 3.72. The number of nitrogens with two attached hydrogens (primary N) is 2. The maximum absolute atomic E-state index is 14.1. The van der Waals surface area contributed by atoms with Gasteiger partial charge in [0.05, 0.1) is 17.7 Å². The summed E-state index contributed by atoms with van der Waals surface area (Å²) in [6.07, 6.45) is -0.499. The van der Waals surface area contributed by atoms with Crippen molar-refractivity contribution in [1.82, 2.24) is 35.8 Å². The largest absolute Gasteiger partial charge is 0.481 e. The molecule has 22 nitrogen and oxygen atoms in total. The van der Waals surface area contributed by atoms with Gasteiger partial charge >= 0.3 is 5.97 Å². The van der Waals surface area contributed by atoms with Gasteiger partial charge in [0.25, 0.3) is 0 Å². The Hall–Kier alpha value is -6.62. The molecular formula is C46H67N9O13S. The van der Waals surface area contributed by atoms with Crippen LogP contribution in [0.4, 0.5) is 0 Å². The Labute approximate surface area is 402 Å². The summed E-state index contributed by atoms with van der Waals surface area (Å²) >= 11 is 0. The van der Waals surface area contributed by atoms with E-state index in [9.17, 15) is 56.7 Å². The van der Waals surface area contributed by atoms with E-state index in [2.05, 4.69) is 26.0 Å². The number of sulfonamides is 1. The van der Waals surface area contributed by atoms with Crippen molar-refractivity contribution in [2.45, 2.75) is 134 Å². The number of carboxylic acid groups (broad SMARTS) is 1. The van der Waals surface area contributed by atoms with Crippen LogP contribution < -0.4 is 42.2 Å². The molecule has 1 aliphatic heterocycles. The van der Waals surface area contributed by atoms with Crippen molar-refractivity contribution in [3.63, 3.8) is 0 Å². The number of likely N-dealkylation sites (N-methyl/N-ethyl adjacent to an activating group) is 1. The van der Waals surface area contributed by atoms with E-state index in [1.807, 2.05) is 33.8 Å². The van der Waals surface area contributed by atoms with Crippen LogP contribution in [0.5, 0.6) is 11.5 Å². The number of primary amides is 2. The number of amides is 8. The summed E-state index contributed by atoms with van der Waals surface area (Å²) in [5.74, 6) is -7.20. The van der Waals surface area contributed by atoms with E-state index in [1.165, 1.54) is 43.1 Å². The number of benzene rings is 2. The Morgan fingerprint density at radius 1 is 0.754 bits per heavy atom. The van der Waals surface area contributed by atoms with Gasteiger partial charge in [-0.1, -0.05) is 45.9 Å². The molecule has 0 bridgehead atoms. The van der Waals surface area contributed by atoms with E-state index in [4.69, 9.17) is 16.2 Å². The second kappa shape index (κ2) is 26.8. The zero-order chi connectivity index (χ0) is 51.6. The molecule has 8 amide bonds. The van der Waals surface area contributed by atoms with Crippen LogP contribution in [-0.2, 0) is 53.2 Å². The van der Waals surface area contributed by atoms with Crippen molar-refractivity contribution in [3.05, 3.63) is 54.6 Å². The van der Waals surface area contributed by atoms with Crippen molar-refractivity contribution in [2.24, 2.45) is 23.3 Å². The Bertz CT molecular complexity index is 2240. The molecule has 2 aromatic rings. The van der Waals surface area contributed by atoms with E-state index in [-0.39, 0.29) is 61.3 Å². The molecule has 0 aliphatic carbocycles. The topological polar surface area (TPSA) is 336 Å². The third-order valence-electron chi connectivity index (χ3n) is 11.0. The molecule has 69 heavy (non-hydrogen) atoms. The molecule has 1 fully saturated rings. The van der Waals surface area contributed by atoms with Crippen LogP contribution >= 0.6 is 0 Å². The molecule has 6 atom stereocenters. The molecule has 0 spiro atoms. The summed E-state index contributed by atoms with van der Waals surface area (Å²) in [4.78, 5) is 120. The first-order valence-corrected chi connectivity index (χ1v) is 24.2. The van der Waals surface area contributed by atoms with Crippen molar-refractivity contribution in [3.8, 4) is 11.5 Å². The molecule has 0 radical (unpaired) electrons. The molecule has 0 aromatic heterocycles. The van der Waals surface area contributed by atoms with Gasteiger partial charge in [0.15, 0.2) is 0 Å². The van der Waals surface area contributed by atoms with Gasteiger partial charge in [-0.15, -0.1) is 0 Å². The highest BCUT2D eigenvalue weighted by atomic mass is 32.2. The Morgan fingerprint density at radius 3 is 1.91 bits per heavy atom. The van der Waals surface area contributed by atoms with E-state index in [0.717, 1.165) is 0 Å². The minimum atomic E-state index is -4.00. The Kier molecular flexibility index (Phi) is 22.0. The number of hydrogen-bond acceptors (Lipinski definition) is 12. The number of hydrogen-bond donors (Lipinski definition) is 8. The first-order valence-electron chi connectivity index (χ1n) is 22.8. The monoisotopic (exact) mass is 985 g/mol. The minimum Gasteiger partial charge on any atom is -0.481 e. The number of rotatable bonds is 28. The molecule has 1 heterocycles. The molecule has 3 rings (SSSR count). The van der Waals surface area contributed by atoms with Gasteiger partial charge in [-0.05, 0) is 87.3 Å². The third kappa shape index (κ3) is 18.8. The Balaban J connectivity index is 1.63. The quantitative estimate of drug-likeness (QED) is 0.0544.